The molecule has 1 aliphatic carbocycles. The lowest BCUT2D eigenvalue weighted by Crippen LogP contribution is -2.51. The molecule has 0 bridgehead atoms. The monoisotopic (exact) mass is 256 g/mol. The summed E-state index contributed by atoms with van der Waals surface area (Å²) in [4.78, 5) is 2.56. The molecule has 1 heterocycles. The van der Waals surface area contributed by atoms with Gasteiger partial charge in [0.2, 0.25) is 0 Å². The maximum Gasteiger partial charge on any atom is 0.0614 e. The highest BCUT2D eigenvalue weighted by Crippen LogP contribution is 2.33. The van der Waals surface area contributed by atoms with Crippen molar-refractivity contribution < 1.29 is 9.84 Å². The minimum Gasteiger partial charge on any atom is -0.394 e. The Kier molecular flexibility index (Phi) is 5.01. The van der Waals surface area contributed by atoms with E-state index in [2.05, 4.69) is 24.1 Å². The van der Waals surface area contributed by atoms with E-state index in [1.807, 2.05) is 0 Å². The molecule has 18 heavy (non-hydrogen) atoms. The largest absolute Gasteiger partial charge is 0.394 e. The Labute approximate surface area is 111 Å². The van der Waals surface area contributed by atoms with Crippen LogP contribution >= 0.6 is 0 Å². The molecular weight excluding hydrogens is 228 g/mol. The zero-order chi connectivity index (χ0) is 13.0. The molecule has 106 valence electrons. The lowest BCUT2D eigenvalue weighted by molar-refractivity contribution is 0.121. The molecule has 1 saturated carbocycles. The molecule has 0 aromatic rings. The maximum atomic E-state index is 9.73. The number of hydrogen-bond acceptors (Lipinski definition) is 4. The van der Waals surface area contributed by atoms with E-state index in [0.717, 1.165) is 45.6 Å². The Morgan fingerprint density at radius 3 is 2.94 bits per heavy atom. The minimum atomic E-state index is -0.0496. The van der Waals surface area contributed by atoms with Crippen LogP contribution in [0.25, 0.3) is 0 Å². The quantitative estimate of drug-likeness (QED) is 0.787. The third-order valence-corrected chi connectivity index (χ3v) is 4.25. The second-order valence-electron chi connectivity index (χ2n) is 6.14. The number of nitrogens with zero attached hydrogens (tertiary/aromatic N) is 1. The fraction of sp³-hybridized carbons (Fsp3) is 1.00. The van der Waals surface area contributed by atoms with Crippen molar-refractivity contribution in [2.45, 2.75) is 57.2 Å². The average Bonchev–Trinajstić information content (AvgIpc) is 2.59. The highest BCUT2D eigenvalue weighted by atomic mass is 16.5. The number of aliphatic hydroxyl groups excluding tert-OH is 1. The molecule has 0 radical (unpaired) electrons. The molecule has 2 unspecified atom stereocenters. The average molecular weight is 256 g/mol. The van der Waals surface area contributed by atoms with E-state index in [-0.39, 0.29) is 12.1 Å². The highest BCUT2D eigenvalue weighted by Gasteiger charge is 2.40. The van der Waals surface area contributed by atoms with E-state index in [0.29, 0.717) is 12.1 Å². The zero-order valence-corrected chi connectivity index (χ0v) is 11.8. The van der Waals surface area contributed by atoms with E-state index >= 15 is 0 Å². The van der Waals surface area contributed by atoms with Crippen LogP contribution in [-0.4, -0.2) is 60.5 Å². The summed E-state index contributed by atoms with van der Waals surface area (Å²) >= 11 is 0. The molecule has 0 aromatic carbocycles. The van der Waals surface area contributed by atoms with Crippen molar-refractivity contribution >= 4 is 0 Å². The van der Waals surface area contributed by atoms with Gasteiger partial charge in [-0.15, -0.1) is 0 Å². The van der Waals surface area contributed by atoms with E-state index in [9.17, 15) is 5.11 Å². The summed E-state index contributed by atoms with van der Waals surface area (Å²) in [6.45, 7) is 8.53. The number of ether oxygens (including phenoxy) is 1. The van der Waals surface area contributed by atoms with Gasteiger partial charge in [0, 0.05) is 37.3 Å². The van der Waals surface area contributed by atoms with Crippen molar-refractivity contribution in [3.63, 3.8) is 0 Å². The fourth-order valence-corrected chi connectivity index (χ4v) is 3.47. The molecule has 0 spiro atoms. The van der Waals surface area contributed by atoms with Crippen LogP contribution in [0.1, 0.15) is 39.5 Å². The van der Waals surface area contributed by atoms with Gasteiger partial charge in [0.05, 0.1) is 13.2 Å². The van der Waals surface area contributed by atoms with Gasteiger partial charge in [-0.05, 0) is 25.7 Å². The number of aliphatic hydroxyl groups is 1. The summed E-state index contributed by atoms with van der Waals surface area (Å²) in [6, 6.07) is 1.05. The molecule has 4 heteroatoms. The van der Waals surface area contributed by atoms with E-state index in [4.69, 9.17) is 4.74 Å². The van der Waals surface area contributed by atoms with Gasteiger partial charge in [-0.3, -0.25) is 4.90 Å². The number of rotatable bonds is 4. The van der Waals surface area contributed by atoms with Crippen LogP contribution in [0.2, 0.25) is 0 Å². The van der Waals surface area contributed by atoms with Crippen molar-refractivity contribution in [2.24, 2.45) is 0 Å². The van der Waals surface area contributed by atoms with Gasteiger partial charge < -0.3 is 15.2 Å². The second kappa shape index (κ2) is 6.33. The van der Waals surface area contributed by atoms with Crippen molar-refractivity contribution in [3.05, 3.63) is 0 Å². The maximum absolute atomic E-state index is 9.73. The van der Waals surface area contributed by atoms with Crippen molar-refractivity contribution in [2.75, 3.05) is 32.9 Å². The Bertz CT molecular complexity index is 252. The van der Waals surface area contributed by atoms with Crippen LogP contribution in [0.5, 0.6) is 0 Å². The molecular formula is C14H28N2O2. The molecule has 0 amide bonds. The van der Waals surface area contributed by atoms with E-state index in [1.54, 1.807) is 0 Å². The molecule has 2 fully saturated rings. The normalized spacial score (nSPS) is 35.0. The fourth-order valence-electron chi connectivity index (χ4n) is 3.47. The standard InChI is InChI=1S/C14H28N2O2/c1-12(2)15-14(11-17)5-4-13(10-14)16-6-3-8-18-9-7-16/h12-13,15,17H,3-11H2,1-2H3. The molecule has 4 nitrogen and oxygen atoms in total. The first-order valence-corrected chi connectivity index (χ1v) is 7.35. The topological polar surface area (TPSA) is 44.7 Å². The van der Waals surface area contributed by atoms with E-state index in [1.165, 1.54) is 6.42 Å². The summed E-state index contributed by atoms with van der Waals surface area (Å²) in [5.41, 5.74) is -0.0496. The molecule has 1 saturated heterocycles. The smallest absolute Gasteiger partial charge is 0.0614 e. The molecule has 2 N–H and O–H groups in total. The van der Waals surface area contributed by atoms with Crippen molar-refractivity contribution in [1.82, 2.24) is 10.2 Å². The van der Waals surface area contributed by atoms with Gasteiger partial charge in [0.15, 0.2) is 0 Å². The first-order chi connectivity index (χ1) is 8.65. The third-order valence-electron chi connectivity index (χ3n) is 4.25. The Morgan fingerprint density at radius 2 is 2.22 bits per heavy atom. The van der Waals surface area contributed by atoms with Gasteiger partial charge in [-0.2, -0.15) is 0 Å². The van der Waals surface area contributed by atoms with Crippen LogP contribution in [0.15, 0.2) is 0 Å². The molecule has 2 rings (SSSR count). The van der Waals surface area contributed by atoms with Crippen LogP contribution < -0.4 is 5.32 Å². The Morgan fingerprint density at radius 1 is 1.39 bits per heavy atom. The number of hydrogen-bond donors (Lipinski definition) is 2. The minimum absolute atomic E-state index is 0.0496. The first kappa shape index (κ1) is 14.3. The highest BCUT2D eigenvalue weighted by molar-refractivity contribution is 5.00. The van der Waals surface area contributed by atoms with Crippen LogP contribution in [0.4, 0.5) is 0 Å². The second-order valence-corrected chi connectivity index (χ2v) is 6.14. The summed E-state index contributed by atoms with van der Waals surface area (Å²) in [7, 11) is 0. The van der Waals surface area contributed by atoms with Gasteiger partial charge in [-0.25, -0.2) is 0 Å². The van der Waals surface area contributed by atoms with E-state index < -0.39 is 0 Å². The molecule has 2 aliphatic rings. The predicted octanol–water partition coefficient (Wildman–Crippen LogP) is 0.990. The lowest BCUT2D eigenvalue weighted by Gasteiger charge is -2.33. The zero-order valence-electron chi connectivity index (χ0n) is 11.8. The lowest BCUT2D eigenvalue weighted by atomic mass is 9.97. The molecule has 1 aliphatic heterocycles. The SMILES string of the molecule is CC(C)NC1(CO)CCC(N2CCCOCC2)C1. The third kappa shape index (κ3) is 3.44. The van der Waals surface area contributed by atoms with Gasteiger partial charge in [-0.1, -0.05) is 13.8 Å². The molecule has 0 aromatic heterocycles. The summed E-state index contributed by atoms with van der Waals surface area (Å²) in [5, 5.41) is 13.3. The van der Waals surface area contributed by atoms with Gasteiger partial charge in [0.1, 0.15) is 0 Å². The first-order valence-electron chi connectivity index (χ1n) is 7.35. The Hall–Kier alpha value is -0.160. The summed E-state index contributed by atoms with van der Waals surface area (Å²) < 4.78 is 5.52. The number of nitrogens with one attached hydrogen (secondary N) is 1. The molecule has 2 atom stereocenters. The van der Waals surface area contributed by atoms with Crippen LogP contribution in [0, 0.1) is 0 Å². The Balaban J connectivity index is 1.92. The van der Waals surface area contributed by atoms with Crippen molar-refractivity contribution in [1.29, 1.82) is 0 Å². The summed E-state index contributed by atoms with van der Waals surface area (Å²) in [6.07, 6.45) is 4.49. The van der Waals surface area contributed by atoms with Gasteiger partial charge >= 0.3 is 0 Å². The predicted molar refractivity (Wildman–Crippen MR) is 72.7 cm³/mol. The summed E-state index contributed by atoms with van der Waals surface area (Å²) in [5.74, 6) is 0. The van der Waals surface area contributed by atoms with Gasteiger partial charge in [0.25, 0.3) is 0 Å². The van der Waals surface area contributed by atoms with Crippen LogP contribution in [-0.2, 0) is 4.74 Å². The van der Waals surface area contributed by atoms with Crippen molar-refractivity contribution in [3.8, 4) is 0 Å². The van der Waals surface area contributed by atoms with Crippen LogP contribution in [0.3, 0.4) is 0 Å².